The number of ketones is 2. The molecule has 3 aliphatic rings. The van der Waals surface area contributed by atoms with Crippen molar-refractivity contribution < 1.29 is 23.8 Å². The summed E-state index contributed by atoms with van der Waals surface area (Å²) < 4.78 is 17.5. The maximum absolute atomic E-state index is 13.4. The fraction of sp³-hybridized carbons (Fsp3) is 0.538. The van der Waals surface area contributed by atoms with Gasteiger partial charge in [0.2, 0.25) is 0 Å². The summed E-state index contributed by atoms with van der Waals surface area (Å²) >= 11 is 3.62. The lowest BCUT2D eigenvalue weighted by Crippen LogP contribution is -2.39. The van der Waals surface area contributed by atoms with E-state index in [0.29, 0.717) is 37.6 Å². The Morgan fingerprint density at radius 3 is 2.18 bits per heavy atom. The number of ether oxygens (including phenoxy) is 3. The van der Waals surface area contributed by atoms with E-state index < -0.39 is 0 Å². The molecule has 6 nitrogen and oxygen atoms in total. The molecule has 1 heterocycles. The van der Waals surface area contributed by atoms with Crippen molar-refractivity contribution in [2.45, 2.75) is 57.8 Å². The fourth-order valence-electron chi connectivity index (χ4n) is 5.40. The minimum Gasteiger partial charge on any atom is -0.492 e. The first kappa shape index (κ1) is 24.0. The number of rotatable bonds is 8. The molecule has 33 heavy (non-hydrogen) atoms. The number of methoxy groups -OCH3 is 2. The van der Waals surface area contributed by atoms with E-state index in [9.17, 15) is 9.59 Å². The molecule has 0 saturated carbocycles. The van der Waals surface area contributed by atoms with Gasteiger partial charge in [-0.15, -0.1) is 0 Å². The maximum atomic E-state index is 13.4. The van der Waals surface area contributed by atoms with Crippen LogP contribution < -0.4 is 9.47 Å². The summed E-state index contributed by atoms with van der Waals surface area (Å²) in [6, 6.07) is 3.92. The van der Waals surface area contributed by atoms with E-state index in [0.717, 1.165) is 71.2 Å². The number of hydrogen-bond acceptors (Lipinski definition) is 6. The van der Waals surface area contributed by atoms with Gasteiger partial charge >= 0.3 is 0 Å². The quantitative estimate of drug-likeness (QED) is 0.435. The maximum Gasteiger partial charge on any atom is 0.174 e. The zero-order chi connectivity index (χ0) is 23.5. The van der Waals surface area contributed by atoms with Crippen LogP contribution in [-0.4, -0.2) is 50.4 Å². The SMILES string of the molecule is CCOc1cc(C2C3=C(CCCC3=O)N(CCCOC)C3=C2C(=O)CCC3)cc(Br)c1OC. The molecule has 0 atom stereocenters. The van der Waals surface area contributed by atoms with Crippen LogP contribution in [0.5, 0.6) is 11.5 Å². The Balaban J connectivity index is 1.91. The van der Waals surface area contributed by atoms with Gasteiger partial charge in [-0.05, 0) is 72.7 Å². The molecule has 0 radical (unpaired) electrons. The van der Waals surface area contributed by atoms with Gasteiger partial charge in [0.1, 0.15) is 0 Å². The Morgan fingerprint density at radius 1 is 1.00 bits per heavy atom. The molecule has 1 aliphatic heterocycles. The number of hydrogen-bond donors (Lipinski definition) is 0. The second-order valence-corrected chi connectivity index (χ2v) is 9.53. The molecule has 0 N–H and O–H groups in total. The van der Waals surface area contributed by atoms with Gasteiger partial charge in [-0.25, -0.2) is 0 Å². The van der Waals surface area contributed by atoms with Crippen LogP contribution in [0, 0.1) is 0 Å². The molecular formula is C26H32BrNO5. The van der Waals surface area contributed by atoms with Crippen molar-refractivity contribution in [2.75, 3.05) is 34.0 Å². The molecule has 0 amide bonds. The second-order valence-electron chi connectivity index (χ2n) is 8.67. The third-order valence-electron chi connectivity index (χ3n) is 6.69. The van der Waals surface area contributed by atoms with Gasteiger partial charge in [0.05, 0.1) is 18.2 Å². The molecule has 1 aromatic rings. The Morgan fingerprint density at radius 2 is 1.64 bits per heavy atom. The molecule has 7 heteroatoms. The predicted octanol–water partition coefficient (Wildman–Crippen LogP) is 5.31. The van der Waals surface area contributed by atoms with Gasteiger partial charge in [0, 0.05) is 61.6 Å². The van der Waals surface area contributed by atoms with Gasteiger partial charge < -0.3 is 19.1 Å². The van der Waals surface area contributed by atoms with Gasteiger partial charge in [0.25, 0.3) is 0 Å². The van der Waals surface area contributed by atoms with Crippen LogP contribution >= 0.6 is 15.9 Å². The predicted molar refractivity (Wildman–Crippen MR) is 130 cm³/mol. The molecule has 0 fully saturated rings. The van der Waals surface area contributed by atoms with Gasteiger partial charge in [-0.2, -0.15) is 0 Å². The van der Waals surface area contributed by atoms with Crippen molar-refractivity contribution in [3.05, 3.63) is 44.7 Å². The summed E-state index contributed by atoms with van der Waals surface area (Å²) in [5, 5.41) is 0. The molecule has 0 unspecified atom stereocenters. The Bertz CT molecular complexity index is 968. The highest BCUT2D eigenvalue weighted by Crippen LogP contribution is 2.51. The lowest BCUT2D eigenvalue weighted by molar-refractivity contribution is -0.117. The highest BCUT2D eigenvalue weighted by atomic mass is 79.9. The van der Waals surface area contributed by atoms with Crippen LogP contribution in [0.4, 0.5) is 0 Å². The fourth-order valence-corrected chi connectivity index (χ4v) is 6.02. The van der Waals surface area contributed by atoms with Gasteiger partial charge in [0.15, 0.2) is 23.1 Å². The summed E-state index contributed by atoms with van der Waals surface area (Å²) in [6.07, 6.45) is 5.29. The van der Waals surface area contributed by atoms with E-state index in [1.165, 1.54) is 0 Å². The number of carbonyl (C=O) groups is 2. The van der Waals surface area contributed by atoms with E-state index >= 15 is 0 Å². The average molecular weight is 518 g/mol. The molecule has 1 aromatic carbocycles. The van der Waals surface area contributed by atoms with E-state index in [4.69, 9.17) is 14.2 Å². The molecular weight excluding hydrogens is 486 g/mol. The van der Waals surface area contributed by atoms with Crippen molar-refractivity contribution in [1.82, 2.24) is 4.90 Å². The molecule has 4 rings (SSSR count). The Labute approximate surface area is 204 Å². The average Bonchev–Trinajstić information content (AvgIpc) is 2.79. The topological polar surface area (TPSA) is 65.1 Å². The largest absolute Gasteiger partial charge is 0.492 e. The summed E-state index contributed by atoms with van der Waals surface area (Å²) in [7, 11) is 3.31. The van der Waals surface area contributed by atoms with Crippen LogP contribution in [0.25, 0.3) is 0 Å². The number of benzene rings is 1. The zero-order valence-electron chi connectivity index (χ0n) is 19.7. The van der Waals surface area contributed by atoms with Crippen molar-refractivity contribution in [3.63, 3.8) is 0 Å². The van der Waals surface area contributed by atoms with Crippen LogP contribution in [-0.2, 0) is 14.3 Å². The third kappa shape index (κ3) is 4.50. The number of allylic oxidation sites excluding steroid dienone is 4. The van der Waals surface area contributed by atoms with Gasteiger partial charge in [-0.3, -0.25) is 9.59 Å². The van der Waals surface area contributed by atoms with Crippen LogP contribution in [0.1, 0.15) is 63.4 Å². The third-order valence-corrected chi connectivity index (χ3v) is 7.27. The number of carbonyl (C=O) groups excluding carboxylic acids is 2. The highest BCUT2D eigenvalue weighted by Gasteiger charge is 2.43. The molecule has 178 valence electrons. The number of nitrogens with zero attached hydrogens (tertiary/aromatic N) is 1. The smallest absolute Gasteiger partial charge is 0.174 e. The van der Waals surface area contributed by atoms with Crippen molar-refractivity contribution in [2.24, 2.45) is 0 Å². The van der Waals surface area contributed by atoms with E-state index in [-0.39, 0.29) is 17.5 Å². The van der Waals surface area contributed by atoms with E-state index in [1.54, 1.807) is 14.2 Å². The molecule has 0 spiro atoms. The first-order valence-corrected chi connectivity index (χ1v) is 12.6. The van der Waals surface area contributed by atoms with Crippen LogP contribution in [0.3, 0.4) is 0 Å². The minimum absolute atomic E-state index is 0.146. The molecule has 0 aromatic heterocycles. The minimum atomic E-state index is -0.365. The normalized spacial score (nSPS) is 19.1. The van der Waals surface area contributed by atoms with Crippen molar-refractivity contribution >= 4 is 27.5 Å². The second kappa shape index (κ2) is 10.4. The highest BCUT2D eigenvalue weighted by molar-refractivity contribution is 9.10. The van der Waals surface area contributed by atoms with Crippen molar-refractivity contribution in [3.8, 4) is 11.5 Å². The Hall–Kier alpha value is -2.12. The number of Topliss-reactive ketones (excluding diaryl/α,β-unsaturated/α-hetero) is 2. The first-order valence-electron chi connectivity index (χ1n) is 11.8. The van der Waals surface area contributed by atoms with E-state index in [1.807, 2.05) is 19.1 Å². The molecule has 0 bridgehead atoms. The lowest BCUT2D eigenvalue weighted by atomic mass is 9.71. The van der Waals surface area contributed by atoms with Gasteiger partial charge in [-0.1, -0.05) is 0 Å². The van der Waals surface area contributed by atoms with E-state index in [2.05, 4.69) is 20.8 Å². The van der Waals surface area contributed by atoms with Crippen LogP contribution in [0.2, 0.25) is 0 Å². The summed E-state index contributed by atoms with van der Waals surface area (Å²) in [5.41, 5.74) is 4.64. The lowest BCUT2D eigenvalue weighted by Gasteiger charge is -2.44. The van der Waals surface area contributed by atoms with Crippen LogP contribution in [0.15, 0.2) is 39.1 Å². The monoisotopic (exact) mass is 517 g/mol. The Kier molecular flexibility index (Phi) is 7.59. The summed E-state index contributed by atoms with van der Waals surface area (Å²) in [5.74, 6) is 1.16. The standard InChI is InChI=1S/C26H32BrNO5/c1-4-33-22-15-16(14-17(27)26(22)32-3)23-24-18(8-5-10-20(24)29)28(12-7-13-31-2)19-9-6-11-21(30)25(19)23/h14-15,23H,4-13H2,1-3H3. The summed E-state index contributed by atoms with van der Waals surface area (Å²) in [6.45, 7) is 3.82. The first-order chi connectivity index (χ1) is 16.0. The molecule has 2 aliphatic carbocycles. The zero-order valence-corrected chi connectivity index (χ0v) is 21.3. The van der Waals surface area contributed by atoms with Crippen molar-refractivity contribution in [1.29, 1.82) is 0 Å². The summed E-state index contributed by atoms with van der Waals surface area (Å²) in [4.78, 5) is 29.0. The molecule has 0 saturated heterocycles. The number of halogens is 1.